The van der Waals surface area contributed by atoms with Crippen LogP contribution in [-0.2, 0) is 0 Å². The van der Waals surface area contributed by atoms with Crippen LogP contribution in [0.25, 0.3) is 0 Å². The highest BCUT2D eigenvalue weighted by atomic mass is 16.6. The number of nitro groups is 1. The fourth-order valence-electron chi connectivity index (χ4n) is 1.55. The summed E-state index contributed by atoms with van der Waals surface area (Å²) in [6.07, 6.45) is 1.50. The molecular weight excluding hydrogens is 260 g/mol. The van der Waals surface area contributed by atoms with Gasteiger partial charge in [-0.3, -0.25) is 10.1 Å². The van der Waals surface area contributed by atoms with Crippen LogP contribution in [0.2, 0.25) is 0 Å². The van der Waals surface area contributed by atoms with Crippen LogP contribution in [0.5, 0.6) is 11.6 Å². The summed E-state index contributed by atoms with van der Waals surface area (Å²) >= 11 is 0. The number of hydrogen-bond acceptors (Lipinski definition) is 6. The van der Waals surface area contributed by atoms with E-state index in [0.29, 0.717) is 5.69 Å². The Kier molecular flexibility index (Phi) is 3.48. The Labute approximate surface area is 114 Å². The smallest absolute Gasteiger partial charge is 0.312 e. The zero-order chi connectivity index (χ0) is 14.7. The molecule has 1 heterocycles. The summed E-state index contributed by atoms with van der Waals surface area (Å²) in [5.74, 6) is 0.0802. The van der Waals surface area contributed by atoms with Gasteiger partial charge in [0.15, 0.2) is 0 Å². The number of aromatic nitrogens is 1. The van der Waals surface area contributed by atoms with Crippen molar-refractivity contribution >= 4 is 11.4 Å². The summed E-state index contributed by atoms with van der Waals surface area (Å²) in [4.78, 5) is 14.3. The molecule has 0 aliphatic carbocycles. The van der Waals surface area contributed by atoms with Gasteiger partial charge in [0.05, 0.1) is 22.2 Å². The SMILES string of the molecule is Cc1ccnc(Oc2ccc(C#N)cc2[N+](=O)[O-])c1N. The van der Waals surface area contributed by atoms with E-state index in [9.17, 15) is 10.1 Å². The molecule has 0 amide bonds. The number of nitrogen functional groups attached to an aromatic ring is 1. The largest absolute Gasteiger partial charge is 0.430 e. The first-order valence-electron chi connectivity index (χ1n) is 5.60. The van der Waals surface area contributed by atoms with Gasteiger partial charge in [0.1, 0.15) is 0 Å². The van der Waals surface area contributed by atoms with Crippen molar-refractivity contribution in [2.45, 2.75) is 6.92 Å². The van der Waals surface area contributed by atoms with E-state index in [1.807, 2.05) is 6.07 Å². The molecule has 0 aliphatic heterocycles. The zero-order valence-electron chi connectivity index (χ0n) is 10.5. The van der Waals surface area contributed by atoms with Crippen molar-refractivity contribution in [3.8, 4) is 17.7 Å². The molecular formula is C13H10N4O3. The summed E-state index contributed by atoms with van der Waals surface area (Å²) < 4.78 is 5.39. The van der Waals surface area contributed by atoms with Gasteiger partial charge in [-0.1, -0.05) is 0 Å². The van der Waals surface area contributed by atoms with E-state index in [1.165, 1.54) is 18.3 Å². The van der Waals surface area contributed by atoms with Crippen LogP contribution in [0.15, 0.2) is 30.5 Å². The molecule has 0 radical (unpaired) electrons. The molecule has 0 saturated carbocycles. The maximum absolute atomic E-state index is 11.0. The maximum atomic E-state index is 11.0. The van der Waals surface area contributed by atoms with Crippen molar-refractivity contribution in [3.63, 3.8) is 0 Å². The average molecular weight is 270 g/mol. The predicted molar refractivity (Wildman–Crippen MR) is 71.3 cm³/mol. The number of hydrogen-bond donors (Lipinski definition) is 1. The monoisotopic (exact) mass is 270 g/mol. The molecule has 0 unspecified atom stereocenters. The first-order valence-corrected chi connectivity index (χ1v) is 5.60. The highest BCUT2D eigenvalue weighted by molar-refractivity contribution is 5.58. The van der Waals surface area contributed by atoms with Gasteiger partial charge >= 0.3 is 5.69 Å². The van der Waals surface area contributed by atoms with Crippen LogP contribution in [0.4, 0.5) is 11.4 Å². The van der Waals surface area contributed by atoms with Crippen molar-refractivity contribution in [2.75, 3.05) is 5.73 Å². The van der Waals surface area contributed by atoms with Crippen molar-refractivity contribution in [1.82, 2.24) is 4.98 Å². The highest BCUT2D eigenvalue weighted by Crippen LogP contribution is 2.34. The van der Waals surface area contributed by atoms with Crippen molar-refractivity contribution in [2.24, 2.45) is 0 Å². The third-order valence-corrected chi connectivity index (χ3v) is 2.66. The summed E-state index contributed by atoms with van der Waals surface area (Å²) in [7, 11) is 0. The van der Waals surface area contributed by atoms with E-state index < -0.39 is 4.92 Å². The number of benzene rings is 1. The van der Waals surface area contributed by atoms with Gasteiger partial charge in [-0.15, -0.1) is 0 Å². The van der Waals surface area contributed by atoms with Crippen molar-refractivity contribution < 1.29 is 9.66 Å². The Hall–Kier alpha value is -3.14. The van der Waals surface area contributed by atoms with Gasteiger partial charge in [-0.25, -0.2) is 4.98 Å². The van der Waals surface area contributed by atoms with Gasteiger partial charge in [0.25, 0.3) is 0 Å². The third kappa shape index (κ3) is 2.49. The fraction of sp³-hybridized carbons (Fsp3) is 0.0769. The van der Waals surface area contributed by atoms with E-state index in [1.54, 1.807) is 13.0 Å². The minimum atomic E-state index is -0.623. The Balaban J connectivity index is 2.46. The standard InChI is InChI=1S/C13H10N4O3/c1-8-4-5-16-13(12(8)15)20-11-3-2-9(7-14)6-10(11)17(18)19/h2-6H,15H2,1H3. The molecule has 0 aliphatic rings. The number of ether oxygens (including phenoxy) is 1. The second kappa shape index (κ2) is 5.24. The van der Waals surface area contributed by atoms with Crippen LogP contribution in [0.1, 0.15) is 11.1 Å². The van der Waals surface area contributed by atoms with Crippen molar-refractivity contribution in [1.29, 1.82) is 5.26 Å². The first-order chi connectivity index (χ1) is 9.52. The minimum absolute atomic E-state index is 0.0150. The minimum Gasteiger partial charge on any atom is -0.430 e. The molecule has 0 spiro atoms. The molecule has 7 heteroatoms. The highest BCUT2D eigenvalue weighted by Gasteiger charge is 2.18. The van der Waals surface area contributed by atoms with Gasteiger partial charge in [0.2, 0.25) is 11.6 Å². The fourth-order valence-corrected chi connectivity index (χ4v) is 1.55. The lowest BCUT2D eigenvalue weighted by atomic mass is 10.2. The molecule has 20 heavy (non-hydrogen) atoms. The molecule has 0 fully saturated rings. The summed E-state index contributed by atoms with van der Waals surface area (Å²) in [6.45, 7) is 1.77. The van der Waals surface area contributed by atoms with Crippen molar-refractivity contribution in [3.05, 3.63) is 51.7 Å². The molecule has 2 N–H and O–H groups in total. The lowest BCUT2D eigenvalue weighted by molar-refractivity contribution is -0.385. The number of rotatable bonds is 3. The van der Waals surface area contributed by atoms with Crippen LogP contribution >= 0.6 is 0 Å². The average Bonchev–Trinajstić information content (AvgIpc) is 2.44. The molecule has 7 nitrogen and oxygen atoms in total. The topological polar surface area (TPSA) is 115 Å². The second-order valence-corrected chi connectivity index (χ2v) is 4.00. The number of nitrogens with two attached hydrogens (primary N) is 1. The molecule has 0 atom stereocenters. The van der Waals surface area contributed by atoms with Crippen LogP contribution in [0, 0.1) is 28.4 Å². The molecule has 100 valence electrons. The Bertz CT molecular complexity index is 722. The number of anilines is 1. The number of nitrogens with zero attached hydrogens (tertiary/aromatic N) is 3. The predicted octanol–water partition coefficient (Wildman–Crippen LogP) is 2.54. The third-order valence-electron chi connectivity index (χ3n) is 2.66. The summed E-state index contributed by atoms with van der Waals surface area (Å²) in [5, 5.41) is 19.8. The normalized spacial score (nSPS) is 9.80. The molecule has 2 aromatic rings. The second-order valence-electron chi connectivity index (χ2n) is 4.00. The lowest BCUT2D eigenvalue weighted by Crippen LogP contribution is -1.99. The van der Waals surface area contributed by atoms with E-state index in [2.05, 4.69) is 4.98 Å². The maximum Gasteiger partial charge on any atom is 0.312 e. The lowest BCUT2D eigenvalue weighted by Gasteiger charge is -2.09. The summed E-state index contributed by atoms with van der Waals surface area (Å²) in [5.41, 5.74) is 6.73. The number of pyridine rings is 1. The summed E-state index contributed by atoms with van der Waals surface area (Å²) in [6, 6.07) is 7.45. The van der Waals surface area contributed by atoms with E-state index in [4.69, 9.17) is 15.7 Å². The van der Waals surface area contributed by atoms with Gasteiger partial charge in [-0.05, 0) is 30.7 Å². The molecule has 0 bridgehead atoms. The van der Waals surface area contributed by atoms with Crippen LogP contribution in [-0.4, -0.2) is 9.91 Å². The Morgan fingerprint density at radius 2 is 2.20 bits per heavy atom. The Morgan fingerprint density at radius 1 is 1.45 bits per heavy atom. The molecule has 0 saturated heterocycles. The zero-order valence-corrected chi connectivity index (χ0v) is 10.5. The van der Waals surface area contributed by atoms with E-state index >= 15 is 0 Å². The Morgan fingerprint density at radius 3 is 2.85 bits per heavy atom. The molecule has 1 aromatic heterocycles. The van der Waals surface area contributed by atoms with E-state index in [0.717, 1.165) is 11.6 Å². The van der Waals surface area contributed by atoms with Crippen LogP contribution in [0.3, 0.4) is 0 Å². The number of nitriles is 1. The van der Waals surface area contributed by atoms with Gasteiger partial charge in [-0.2, -0.15) is 5.26 Å². The van der Waals surface area contributed by atoms with E-state index in [-0.39, 0.29) is 22.9 Å². The first kappa shape index (κ1) is 13.3. The molecule has 1 aromatic carbocycles. The quantitative estimate of drug-likeness (QED) is 0.676. The molecule has 2 rings (SSSR count). The number of aryl methyl sites for hydroxylation is 1. The van der Waals surface area contributed by atoms with Crippen LogP contribution < -0.4 is 10.5 Å². The van der Waals surface area contributed by atoms with Gasteiger partial charge < -0.3 is 10.5 Å². The van der Waals surface area contributed by atoms with Gasteiger partial charge in [0, 0.05) is 12.3 Å². The number of nitro benzene ring substituents is 1.